The Bertz CT molecular complexity index is 987. The van der Waals surface area contributed by atoms with Gasteiger partial charge in [-0.2, -0.15) is 13.2 Å². The minimum Gasteiger partial charge on any atom is -0.497 e. The van der Waals surface area contributed by atoms with Crippen molar-refractivity contribution in [3.05, 3.63) is 47.5 Å². The van der Waals surface area contributed by atoms with E-state index in [1.165, 1.54) is 0 Å². The Morgan fingerprint density at radius 2 is 1.85 bits per heavy atom. The van der Waals surface area contributed by atoms with Crippen molar-refractivity contribution in [3.63, 3.8) is 0 Å². The summed E-state index contributed by atoms with van der Waals surface area (Å²) in [5.74, 6) is 0.890. The number of nitrogens with zero attached hydrogens (tertiary/aromatic N) is 1. The van der Waals surface area contributed by atoms with Crippen molar-refractivity contribution in [1.29, 1.82) is 0 Å². The second-order valence-corrected chi connectivity index (χ2v) is 9.70. The van der Waals surface area contributed by atoms with Crippen molar-refractivity contribution in [2.24, 2.45) is 5.92 Å². The van der Waals surface area contributed by atoms with Crippen molar-refractivity contribution in [2.75, 3.05) is 30.6 Å². The number of rotatable bonds is 7. The largest absolute Gasteiger partial charge is 0.497 e. The first-order chi connectivity index (χ1) is 16.1. The number of ether oxygens (including phenoxy) is 2. The Labute approximate surface area is 198 Å². The van der Waals surface area contributed by atoms with Crippen LogP contribution in [0.25, 0.3) is 0 Å². The number of fused-ring (bicyclic) bond motifs is 1. The molecule has 2 aliphatic rings. The van der Waals surface area contributed by atoms with Crippen LogP contribution in [0.2, 0.25) is 0 Å². The first kappa shape index (κ1) is 24.5. The van der Waals surface area contributed by atoms with E-state index in [-0.39, 0.29) is 12.1 Å². The molecule has 4 rings (SSSR count). The third kappa shape index (κ3) is 5.36. The molecule has 0 radical (unpaired) electrons. The first-order valence-corrected chi connectivity index (χ1v) is 11.5. The maximum absolute atomic E-state index is 13.9. The predicted molar refractivity (Wildman–Crippen MR) is 125 cm³/mol. The monoisotopic (exact) mass is 479 g/mol. The van der Waals surface area contributed by atoms with Gasteiger partial charge in [0.1, 0.15) is 23.1 Å². The molecule has 34 heavy (non-hydrogen) atoms. The summed E-state index contributed by atoms with van der Waals surface area (Å²) < 4.78 is 52.9. The van der Waals surface area contributed by atoms with E-state index in [0.29, 0.717) is 37.4 Å². The molecule has 0 amide bonds. The molecular weight excluding hydrogens is 447 g/mol. The lowest BCUT2D eigenvalue weighted by atomic mass is 9.88. The number of halogens is 3. The zero-order chi connectivity index (χ0) is 24.5. The van der Waals surface area contributed by atoms with Crippen LogP contribution in [0.3, 0.4) is 0 Å². The molecule has 2 heterocycles. The number of methoxy groups -OCH3 is 1. The standard InChI is InChI=1S/C25H32F3N3O3/c1-24(2)14-18-12-20(30-32)21(13-22(18)34-24)31-10-8-17(9-11-31)23(25(26,27)28)29-15-16-4-6-19(33-3)7-5-16/h4-7,12-13,17,23,29-30,32H,8-11,14-15H2,1-3H3. The van der Waals surface area contributed by atoms with Gasteiger partial charge in [-0.05, 0) is 56.4 Å². The second-order valence-electron chi connectivity index (χ2n) is 9.70. The molecule has 0 spiro atoms. The molecule has 0 saturated carbocycles. The molecule has 0 bridgehead atoms. The maximum Gasteiger partial charge on any atom is 0.404 e. The van der Waals surface area contributed by atoms with Crippen molar-refractivity contribution >= 4 is 11.4 Å². The lowest BCUT2D eigenvalue weighted by Gasteiger charge is -2.38. The van der Waals surface area contributed by atoms with Gasteiger partial charge in [-0.3, -0.25) is 10.7 Å². The summed E-state index contributed by atoms with van der Waals surface area (Å²) in [6, 6.07) is 9.17. The lowest BCUT2D eigenvalue weighted by molar-refractivity contribution is -0.170. The maximum atomic E-state index is 13.9. The van der Waals surface area contributed by atoms with Crippen LogP contribution in [0.1, 0.15) is 37.8 Å². The average molecular weight is 480 g/mol. The van der Waals surface area contributed by atoms with Gasteiger partial charge in [0.25, 0.3) is 0 Å². The van der Waals surface area contributed by atoms with Gasteiger partial charge in [0.15, 0.2) is 0 Å². The van der Waals surface area contributed by atoms with Gasteiger partial charge in [-0.1, -0.05) is 12.1 Å². The van der Waals surface area contributed by atoms with E-state index in [1.54, 1.807) is 31.4 Å². The third-order valence-electron chi connectivity index (χ3n) is 6.69. The molecule has 6 nitrogen and oxygen atoms in total. The van der Waals surface area contributed by atoms with E-state index in [2.05, 4.69) is 10.8 Å². The average Bonchev–Trinajstić information content (AvgIpc) is 3.11. The summed E-state index contributed by atoms with van der Waals surface area (Å²) >= 11 is 0. The van der Waals surface area contributed by atoms with Crippen LogP contribution in [-0.2, 0) is 13.0 Å². The number of benzene rings is 2. The molecule has 0 aliphatic carbocycles. The van der Waals surface area contributed by atoms with Gasteiger partial charge < -0.3 is 19.7 Å². The van der Waals surface area contributed by atoms with E-state index >= 15 is 0 Å². The van der Waals surface area contributed by atoms with Crippen LogP contribution in [0, 0.1) is 5.92 Å². The zero-order valence-electron chi connectivity index (χ0n) is 19.7. The summed E-state index contributed by atoms with van der Waals surface area (Å²) in [6.45, 7) is 5.04. The van der Waals surface area contributed by atoms with E-state index < -0.39 is 18.1 Å². The van der Waals surface area contributed by atoms with Crippen molar-refractivity contribution in [2.45, 2.75) is 57.5 Å². The summed E-state index contributed by atoms with van der Waals surface area (Å²) in [4.78, 5) is 2.01. The lowest BCUT2D eigenvalue weighted by Crippen LogP contribution is -2.51. The quantitative estimate of drug-likeness (QED) is 0.478. The number of hydrogen-bond acceptors (Lipinski definition) is 6. The SMILES string of the molecule is COc1ccc(CNC(C2CCN(c3cc4c(cc3NO)CC(C)(C)O4)CC2)C(F)(F)F)cc1. The van der Waals surface area contributed by atoms with Crippen LogP contribution < -0.4 is 25.2 Å². The molecular formula is C25H32F3N3O3. The Kier molecular flexibility index (Phi) is 6.87. The molecule has 1 saturated heterocycles. The third-order valence-corrected chi connectivity index (χ3v) is 6.69. The van der Waals surface area contributed by atoms with Crippen molar-refractivity contribution in [1.82, 2.24) is 5.32 Å². The molecule has 186 valence electrons. The van der Waals surface area contributed by atoms with Crippen LogP contribution in [0.15, 0.2) is 36.4 Å². The molecule has 2 aromatic carbocycles. The highest BCUT2D eigenvalue weighted by Crippen LogP contribution is 2.43. The van der Waals surface area contributed by atoms with E-state index in [4.69, 9.17) is 9.47 Å². The van der Waals surface area contributed by atoms with E-state index in [9.17, 15) is 18.4 Å². The van der Waals surface area contributed by atoms with E-state index in [1.807, 2.05) is 30.9 Å². The van der Waals surface area contributed by atoms with Crippen LogP contribution in [0.5, 0.6) is 11.5 Å². The fourth-order valence-corrected chi connectivity index (χ4v) is 4.99. The molecule has 2 aliphatic heterocycles. The Hall–Kier alpha value is -2.65. The van der Waals surface area contributed by atoms with E-state index in [0.717, 1.165) is 29.0 Å². The number of hydrogen-bond donors (Lipinski definition) is 3. The van der Waals surface area contributed by atoms with Crippen LogP contribution in [0.4, 0.5) is 24.5 Å². The summed E-state index contributed by atoms with van der Waals surface area (Å²) in [5, 5.41) is 12.4. The normalized spacial score (nSPS) is 18.9. The molecule has 2 aromatic rings. The van der Waals surface area contributed by atoms with Crippen molar-refractivity contribution in [3.8, 4) is 11.5 Å². The molecule has 1 fully saturated rings. The topological polar surface area (TPSA) is 66.0 Å². The minimum atomic E-state index is -4.34. The fraction of sp³-hybridized carbons (Fsp3) is 0.520. The predicted octanol–water partition coefficient (Wildman–Crippen LogP) is 5.15. The Morgan fingerprint density at radius 1 is 1.18 bits per heavy atom. The molecule has 9 heteroatoms. The van der Waals surface area contributed by atoms with Gasteiger partial charge in [-0.25, -0.2) is 0 Å². The smallest absolute Gasteiger partial charge is 0.404 e. The Morgan fingerprint density at radius 3 is 2.44 bits per heavy atom. The molecule has 1 atom stereocenters. The van der Waals surface area contributed by atoms with Gasteiger partial charge in [0.2, 0.25) is 0 Å². The van der Waals surface area contributed by atoms with Gasteiger partial charge in [0.05, 0.1) is 18.5 Å². The Balaban J connectivity index is 1.43. The fourth-order valence-electron chi connectivity index (χ4n) is 4.99. The summed E-state index contributed by atoms with van der Waals surface area (Å²) in [5.41, 5.74) is 4.99. The molecule has 1 unspecified atom stereocenters. The summed E-state index contributed by atoms with van der Waals surface area (Å²) in [7, 11) is 1.55. The second kappa shape index (κ2) is 9.54. The molecule has 0 aromatic heterocycles. The van der Waals surface area contributed by atoms with Gasteiger partial charge in [-0.15, -0.1) is 0 Å². The van der Waals surface area contributed by atoms with Crippen molar-refractivity contribution < 1.29 is 27.9 Å². The highest BCUT2D eigenvalue weighted by atomic mass is 19.4. The number of nitrogens with one attached hydrogen (secondary N) is 2. The minimum absolute atomic E-state index is 0.130. The molecule has 3 N–H and O–H groups in total. The highest BCUT2D eigenvalue weighted by molar-refractivity contribution is 5.74. The number of anilines is 2. The van der Waals surface area contributed by atoms with Crippen LogP contribution in [-0.4, -0.2) is 43.2 Å². The number of piperidine rings is 1. The van der Waals surface area contributed by atoms with Gasteiger partial charge >= 0.3 is 6.18 Å². The number of alkyl halides is 3. The highest BCUT2D eigenvalue weighted by Gasteiger charge is 2.45. The van der Waals surface area contributed by atoms with Crippen LogP contribution >= 0.6 is 0 Å². The summed E-state index contributed by atoms with van der Waals surface area (Å²) in [6.07, 6.45) is -2.85. The van der Waals surface area contributed by atoms with Gasteiger partial charge in [0, 0.05) is 37.7 Å². The first-order valence-electron chi connectivity index (χ1n) is 11.5. The zero-order valence-corrected chi connectivity index (χ0v) is 19.7.